The molecule has 3 heteroatoms. The van der Waals surface area contributed by atoms with Crippen molar-refractivity contribution in [1.82, 2.24) is 5.32 Å². The largest absolute Gasteiger partial charge is 0.494 e. The summed E-state index contributed by atoms with van der Waals surface area (Å²) in [4.78, 5) is 0. The van der Waals surface area contributed by atoms with E-state index in [1.807, 2.05) is 24.3 Å². The molecule has 1 N–H and O–H groups in total. The van der Waals surface area contributed by atoms with Crippen molar-refractivity contribution in [2.45, 2.75) is 19.3 Å². The molecule has 2 nitrogen and oxygen atoms in total. The van der Waals surface area contributed by atoms with Crippen LogP contribution in [0.4, 0.5) is 0 Å². The molecular weight excluding hydrogens is 222 g/mol. The minimum atomic E-state index is 0.754. The predicted octanol–water partition coefficient (Wildman–Crippen LogP) is 3.11. The first kappa shape index (κ1) is 11.7. The first-order valence-corrected chi connectivity index (χ1v) is 6.31. The van der Waals surface area contributed by atoms with E-state index in [4.69, 9.17) is 16.3 Å². The van der Waals surface area contributed by atoms with E-state index in [2.05, 4.69) is 5.32 Å². The van der Waals surface area contributed by atoms with E-state index in [0.29, 0.717) is 0 Å². The number of halogens is 1. The molecule has 1 aromatic carbocycles. The van der Waals surface area contributed by atoms with Gasteiger partial charge in [0.15, 0.2) is 0 Å². The maximum atomic E-state index is 5.80. The highest BCUT2D eigenvalue weighted by molar-refractivity contribution is 6.30. The standard InChI is InChI=1S/C13H18ClNO/c14-12-3-5-13(6-4-12)16-9-7-11-2-1-8-15-10-11/h3-6,11,15H,1-2,7-10H2/t11-/m1/s1. The average molecular weight is 240 g/mol. The van der Waals surface area contributed by atoms with Crippen LogP contribution in [0, 0.1) is 5.92 Å². The summed E-state index contributed by atoms with van der Waals surface area (Å²) in [6.07, 6.45) is 3.76. The molecule has 0 amide bonds. The van der Waals surface area contributed by atoms with Crippen LogP contribution < -0.4 is 10.1 Å². The summed E-state index contributed by atoms with van der Waals surface area (Å²) < 4.78 is 5.68. The second-order valence-corrected chi connectivity index (χ2v) is 4.74. The van der Waals surface area contributed by atoms with Gasteiger partial charge in [0.25, 0.3) is 0 Å². The Bertz CT molecular complexity index is 306. The van der Waals surface area contributed by atoms with Crippen molar-refractivity contribution < 1.29 is 4.74 Å². The molecular formula is C13H18ClNO. The van der Waals surface area contributed by atoms with Gasteiger partial charge in [0, 0.05) is 5.02 Å². The lowest BCUT2D eigenvalue weighted by molar-refractivity contribution is 0.254. The highest BCUT2D eigenvalue weighted by atomic mass is 35.5. The molecule has 0 aromatic heterocycles. The summed E-state index contributed by atoms with van der Waals surface area (Å²) in [6, 6.07) is 7.56. The lowest BCUT2D eigenvalue weighted by Gasteiger charge is -2.22. The van der Waals surface area contributed by atoms with Gasteiger partial charge in [-0.05, 0) is 62.5 Å². The molecule has 0 bridgehead atoms. The molecule has 0 radical (unpaired) electrons. The molecule has 1 heterocycles. The second kappa shape index (κ2) is 6.12. The molecule has 88 valence electrons. The van der Waals surface area contributed by atoms with Gasteiger partial charge in [-0.2, -0.15) is 0 Å². The minimum absolute atomic E-state index is 0.754. The van der Waals surface area contributed by atoms with Gasteiger partial charge < -0.3 is 10.1 Å². The van der Waals surface area contributed by atoms with Gasteiger partial charge in [0.05, 0.1) is 6.61 Å². The monoisotopic (exact) mass is 239 g/mol. The third-order valence-electron chi connectivity index (χ3n) is 3.01. The van der Waals surface area contributed by atoms with Gasteiger partial charge in [-0.25, -0.2) is 0 Å². The molecule has 1 aliphatic rings. The second-order valence-electron chi connectivity index (χ2n) is 4.30. The van der Waals surface area contributed by atoms with Crippen LogP contribution in [0.2, 0.25) is 5.02 Å². The SMILES string of the molecule is Clc1ccc(OCC[C@H]2CCCNC2)cc1. The molecule has 0 saturated carbocycles. The number of benzene rings is 1. The number of piperidine rings is 1. The van der Waals surface area contributed by atoms with Crippen molar-refractivity contribution in [1.29, 1.82) is 0 Å². The van der Waals surface area contributed by atoms with E-state index in [1.54, 1.807) is 0 Å². The number of ether oxygens (including phenoxy) is 1. The van der Waals surface area contributed by atoms with E-state index >= 15 is 0 Å². The number of hydrogen-bond acceptors (Lipinski definition) is 2. The fourth-order valence-corrected chi connectivity index (χ4v) is 2.17. The van der Waals surface area contributed by atoms with Crippen LogP contribution in [0.3, 0.4) is 0 Å². The lowest BCUT2D eigenvalue weighted by Crippen LogP contribution is -2.30. The van der Waals surface area contributed by atoms with E-state index in [9.17, 15) is 0 Å². The van der Waals surface area contributed by atoms with Gasteiger partial charge in [0.2, 0.25) is 0 Å². The van der Waals surface area contributed by atoms with Crippen LogP contribution in [0.5, 0.6) is 5.75 Å². The maximum Gasteiger partial charge on any atom is 0.119 e. The Hall–Kier alpha value is -0.730. The van der Waals surface area contributed by atoms with E-state index < -0.39 is 0 Å². The highest BCUT2D eigenvalue weighted by Gasteiger charge is 2.12. The summed E-state index contributed by atoms with van der Waals surface area (Å²) in [5.74, 6) is 1.69. The molecule has 0 aliphatic carbocycles. The van der Waals surface area contributed by atoms with Crippen molar-refractivity contribution in [3.63, 3.8) is 0 Å². The topological polar surface area (TPSA) is 21.3 Å². The normalized spacial score (nSPS) is 20.7. The molecule has 1 fully saturated rings. The number of nitrogens with one attached hydrogen (secondary N) is 1. The Morgan fingerprint density at radius 1 is 1.31 bits per heavy atom. The maximum absolute atomic E-state index is 5.80. The van der Waals surface area contributed by atoms with Gasteiger partial charge in [-0.3, -0.25) is 0 Å². The molecule has 1 atom stereocenters. The van der Waals surface area contributed by atoms with E-state index in [-0.39, 0.29) is 0 Å². The zero-order valence-electron chi connectivity index (χ0n) is 9.42. The smallest absolute Gasteiger partial charge is 0.119 e. The zero-order valence-corrected chi connectivity index (χ0v) is 10.2. The van der Waals surface area contributed by atoms with Gasteiger partial charge >= 0.3 is 0 Å². The summed E-state index contributed by atoms with van der Waals surface area (Å²) in [7, 11) is 0. The Morgan fingerprint density at radius 3 is 2.81 bits per heavy atom. The van der Waals surface area contributed by atoms with Crippen molar-refractivity contribution in [2.75, 3.05) is 19.7 Å². The molecule has 0 spiro atoms. The first-order chi connectivity index (χ1) is 7.84. The minimum Gasteiger partial charge on any atom is -0.494 e. The Balaban J connectivity index is 1.69. The van der Waals surface area contributed by atoms with Crippen molar-refractivity contribution in [3.8, 4) is 5.75 Å². The summed E-state index contributed by atoms with van der Waals surface area (Å²) >= 11 is 5.80. The summed E-state index contributed by atoms with van der Waals surface area (Å²) in [5.41, 5.74) is 0. The van der Waals surface area contributed by atoms with Crippen LogP contribution >= 0.6 is 11.6 Å². The molecule has 2 rings (SSSR count). The fourth-order valence-electron chi connectivity index (χ4n) is 2.04. The molecule has 0 unspecified atom stereocenters. The zero-order chi connectivity index (χ0) is 11.2. The van der Waals surface area contributed by atoms with Crippen LogP contribution in [0.25, 0.3) is 0 Å². The quantitative estimate of drug-likeness (QED) is 0.872. The summed E-state index contributed by atoms with van der Waals surface area (Å²) in [5, 5.41) is 4.17. The van der Waals surface area contributed by atoms with E-state index in [0.717, 1.165) is 36.3 Å². The van der Waals surface area contributed by atoms with Crippen LogP contribution in [-0.2, 0) is 0 Å². The van der Waals surface area contributed by atoms with Gasteiger partial charge in [0.1, 0.15) is 5.75 Å². The predicted molar refractivity (Wildman–Crippen MR) is 67.2 cm³/mol. The Labute approximate surface area is 102 Å². The number of rotatable bonds is 4. The van der Waals surface area contributed by atoms with Crippen molar-refractivity contribution >= 4 is 11.6 Å². The molecule has 1 aromatic rings. The van der Waals surface area contributed by atoms with Gasteiger partial charge in [-0.15, -0.1) is 0 Å². The summed E-state index contributed by atoms with van der Waals surface area (Å²) in [6.45, 7) is 3.12. The molecule has 16 heavy (non-hydrogen) atoms. The third kappa shape index (κ3) is 3.69. The fraction of sp³-hybridized carbons (Fsp3) is 0.538. The Morgan fingerprint density at radius 2 is 2.12 bits per heavy atom. The highest BCUT2D eigenvalue weighted by Crippen LogP contribution is 2.18. The average Bonchev–Trinajstić information content (AvgIpc) is 2.33. The van der Waals surface area contributed by atoms with Crippen LogP contribution in [-0.4, -0.2) is 19.7 Å². The molecule has 1 saturated heterocycles. The van der Waals surface area contributed by atoms with E-state index in [1.165, 1.54) is 19.4 Å². The first-order valence-electron chi connectivity index (χ1n) is 5.94. The number of hydrogen-bond donors (Lipinski definition) is 1. The third-order valence-corrected chi connectivity index (χ3v) is 3.26. The van der Waals surface area contributed by atoms with Crippen molar-refractivity contribution in [3.05, 3.63) is 29.3 Å². The lowest BCUT2D eigenvalue weighted by atomic mass is 9.97. The van der Waals surface area contributed by atoms with Crippen molar-refractivity contribution in [2.24, 2.45) is 5.92 Å². The van der Waals surface area contributed by atoms with Gasteiger partial charge in [-0.1, -0.05) is 11.6 Å². The van der Waals surface area contributed by atoms with Crippen LogP contribution in [0.15, 0.2) is 24.3 Å². The molecule has 1 aliphatic heterocycles. The Kier molecular flexibility index (Phi) is 4.49. The van der Waals surface area contributed by atoms with Crippen LogP contribution in [0.1, 0.15) is 19.3 Å².